The Kier molecular flexibility index (Phi) is 4.07. The van der Waals surface area contributed by atoms with Crippen LogP contribution in [0.3, 0.4) is 0 Å². The van der Waals surface area contributed by atoms with Crippen molar-refractivity contribution in [3.63, 3.8) is 0 Å². The summed E-state index contributed by atoms with van der Waals surface area (Å²) in [7, 11) is 1.86. The highest BCUT2D eigenvalue weighted by molar-refractivity contribution is 6.04. The Morgan fingerprint density at radius 2 is 2.15 bits per heavy atom. The predicted octanol–water partition coefficient (Wildman–Crippen LogP) is 3.77. The molecule has 0 saturated heterocycles. The van der Waals surface area contributed by atoms with Crippen molar-refractivity contribution in [1.29, 1.82) is 0 Å². The number of para-hydroxylation sites is 1. The molecule has 3 heterocycles. The van der Waals surface area contributed by atoms with Gasteiger partial charge < -0.3 is 14.3 Å². The number of hydrogen-bond acceptors (Lipinski definition) is 4. The van der Waals surface area contributed by atoms with E-state index in [-0.39, 0.29) is 16.8 Å². The predicted molar refractivity (Wildman–Crippen MR) is 107 cm³/mol. The molecule has 3 aromatic rings. The summed E-state index contributed by atoms with van der Waals surface area (Å²) >= 11 is 0. The third kappa shape index (κ3) is 2.63. The fourth-order valence-electron chi connectivity index (χ4n) is 3.71. The molecule has 1 aromatic carbocycles. The Labute approximate surface area is 156 Å². The monoisotopic (exact) mass is 360 g/mol. The Balaban J connectivity index is 1.96. The van der Waals surface area contributed by atoms with Gasteiger partial charge in [-0.15, -0.1) is 0 Å². The summed E-state index contributed by atoms with van der Waals surface area (Å²) in [5.74, 6) is 0.344. The molecule has 0 spiro atoms. The molecule has 5 nitrogen and oxygen atoms in total. The lowest BCUT2D eigenvalue weighted by Gasteiger charge is -2.18. The minimum atomic E-state index is -0.360. The van der Waals surface area contributed by atoms with Crippen molar-refractivity contribution in [2.45, 2.75) is 19.9 Å². The molecule has 0 aliphatic carbocycles. The van der Waals surface area contributed by atoms with E-state index in [4.69, 9.17) is 4.42 Å². The summed E-state index contributed by atoms with van der Waals surface area (Å²) in [5.41, 5.74) is 4.54. The van der Waals surface area contributed by atoms with Gasteiger partial charge >= 0.3 is 0 Å². The highest BCUT2D eigenvalue weighted by Crippen LogP contribution is 2.39. The van der Waals surface area contributed by atoms with Crippen LogP contribution in [0.25, 0.3) is 28.0 Å². The van der Waals surface area contributed by atoms with Crippen molar-refractivity contribution in [1.82, 2.24) is 9.88 Å². The van der Waals surface area contributed by atoms with Crippen LogP contribution in [0.1, 0.15) is 28.4 Å². The third-order valence-electron chi connectivity index (χ3n) is 5.02. The van der Waals surface area contributed by atoms with E-state index in [1.54, 1.807) is 6.20 Å². The smallest absolute Gasteiger partial charge is 0.193 e. The minimum absolute atomic E-state index is 0.141. The number of nitrogens with one attached hydrogen (secondary N) is 1. The number of furan rings is 1. The van der Waals surface area contributed by atoms with Gasteiger partial charge in [-0.2, -0.15) is 0 Å². The molecule has 4 rings (SSSR count). The van der Waals surface area contributed by atoms with Crippen molar-refractivity contribution < 1.29 is 9.21 Å². The number of allylic oxidation sites excluding steroid dienone is 2. The quantitative estimate of drug-likeness (QED) is 0.568. The van der Waals surface area contributed by atoms with Gasteiger partial charge in [-0.1, -0.05) is 24.8 Å². The number of fused-ring (bicyclic) bond motifs is 5. The lowest BCUT2D eigenvalue weighted by atomic mass is 9.98. The number of nitrogens with zero attached hydrogens (tertiary/aromatic N) is 1. The Morgan fingerprint density at radius 3 is 2.89 bits per heavy atom. The normalized spacial score (nSPS) is 13.2. The van der Waals surface area contributed by atoms with E-state index in [0.29, 0.717) is 18.0 Å². The molecule has 0 unspecified atom stereocenters. The lowest BCUT2D eigenvalue weighted by molar-refractivity contribution is 0.104. The average Bonchev–Trinajstić information content (AvgIpc) is 3.06. The summed E-state index contributed by atoms with van der Waals surface area (Å²) in [6.45, 7) is 6.18. The number of carbonyl (C=O) groups excluding carboxylic acids is 1. The van der Waals surface area contributed by atoms with Crippen molar-refractivity contribution >= 4 is 22.3 Å². The van der Waals surface area contributed by atoms with E-state index in [2.05, 4.69) is 18.0 Å². The van der Waals surface area contributed by atoms with Gasteiger partial charge in [0.25, 0.3) is 0 Å². The molecule has 1 N–H and O–H groups in total. The van der Waals surface area contributed by atoms with E-state index < -0.39 is 0 Å². The zero-order valence-corrected chi connectivity index (χ0v) is 15.3. The first kappa shape index (κ1) is 17.1. The Hall–Kier alpha value is -3.34. The first-order chi connectivity index (χ1) is 13.0. The Morgan fingerprint density at radius 1 is 1.33 bits per heavy atom. The van der Waals surface area contributed by atoms with Crippen LogP contribution in [0.15, 0.2) is 58.5 Å². The highest BCUT2D eigenvalue weighted by Gasteiger charge is 2.25. The molecule has 1 aliphatic heterocycles. The van der Waals surface area contributed by atoms with Gasteiger partial charge in [0.05, 0.1) is 11.3 Å². The molecule has 136 valence electrons. The van der Waals surface area contributed by atoms with E-state index in [1.807, 2.05) is 36.9 Å². The fraction of sp³-hybridized carbons (Fsp3) is 0.182. The molecular formula is C22H20N2O3. The van der Waals surface area contributed by atoms with E-state index in [9.17, 15) is 9.59 Å². The molecule has 2 aromatic heterocycles. The molecule has 27 heavy (non-hydrogen) atoms. The molecule has 1 aliphatic rings. The number of pyridine rings is 1. The van der Waals surface area contributed by atoms with Crippen LogP contribution in [0.4, 0.5) is 0 Å². The number of hydrogen-bond donors (Lipinski definition) is 1. The third-order valence-corrected chi connectivity index (χ3v) is 5.02. The van der Waals surface area contributed by atoms with Crippen LogP contribution in [-0.4, -0.2) is 17.4 Å². The zero-order chi connectivity index (χ0) is 19.1. The largest absolute Gasteiger partial charge is 0.454 e. The van der Waals surface area contributed by atoms with Crippen LogP contribution in [0.5, 0.6) is 0 Å². The number of rotatable bonds is 4. The molecule has 0 fully saturated rings. The number of aryl methyl sites for hydroxylation is 2. The topological polar surface area (TPSA) is 64.2 Å². The second-order valence-corrected chi connectivity index (χ2v) is 6.66. The van der Waals surface area contributed by atoms with Crippen LogP contribution >= 0.6 is 0 Å². The number of carbonyl (C=O) groups is 1. The van der Waals surface area contributed by atoms with Crippen molar-refractivity contribution in [2.24, 2.45) is 0 Å². The average molecular weight is 360 g/mol. The standard InChI is InChI=1S/C22H20N2O3/c1-4-19(25)17-12-24-9-8-16-15-7-5-6-14(13(2)11-23-3)21(15)27-22(16)18(24)10-20(17)26/h4-7,10-12,23H,1,8-9H2,2-3H3/b13-11+. The number of aromatic nitrogens is 1. The number of benzene rings is 1. The molecule has 5 heteroatoms. The van der Waals surface area contributed by atoms with Crippen LogP contribution in [0, 0.1) is 0 Å². The second-order valence-electron chi connectivity index (χ2n) is 6.66. The molecule has 0 bridgehead atoms. The number of ketones is 1. The maximum absolute atomic E-state index is 12.4. The lowest BCUT2D eigenvalue weighted by Crippen LogP contribution is -2.20. The maximum Gasteiger partial charge on any atom is 0.193 e. The maximum atomic E-state index is 12.4. The van der Waals surface area contributed by atoms with Crippen molar-refractivity contribution in [2.75, 3.05) is 7.05 Å². The van der Waals surface area contributed by atoms with Crippen LogP contribution in [0.2, 0.25) is 0 Å². The van der Waals surface area contributed by atoms with Gasteiger partial charge in [0, 0.05) is 42.4 Å². The van der Waals surface area contributed by atoms with Crippen molar-refractivity contribution in [3.8, 4) is 11.5 Å². The van der Waals surface area contributed by atoms with Crippen LogP contribution < -0.4 is 10.7 Å². The van der Waals surface area contributed by atoms with Gasteiger partial charge in [-0.05, 0) is 31.2 Å². The second kappa shape index (κ2) is 6.43. The molecular weight excluding hydrogens is 340 g/mol. The Bertz CT molecular complexity index is 1180. The van der Waals surface area contributed by atoms with E-state index in [0.717, 1.165) is 34.1 Å². The minimum Gasteiger partial charge on any atom is -0.454 e. The SMILES string of the molecule is C=CC(=O)c1cn2c(cc1=O)-c1oc3c(/C(C)=C/NC)cccc3c1CC2. The molecule has 0 saturated carbocycles. The van der Waals surface area contributed by atoms with Gasteiger partial charge in [0.1, 0.15) is 5.58 Å². The van der Waals surface area contributed by atoms with Gasteiger partial charge in [-0.3, -0.25) is 9.59 Å². The fourth-order valence-corrected chi connectivity index (χ4v) is 3.71. The van der Waals surface area contributed by atoms with E-state index in [1.165, 1.54) is 12.1 Å². The van der Waals surface area contributed by atoms with Crippen molar-refractivity contribution in [3.05, 3.63) is 76.2 Å². The van der Waals surface area contributed by atoms with Gasteiger partial charge in [-0.25, -0.2) is 0 Å². The summed E-state index contributed by atoms with van der Waals surface area (Å²) in [5, 5.41) is 4.11. The molecule has 0 radical (unpaired) electrons. The zero-order valence-electron chi connectivity index (χ0n) is 15.3. The summed E-state index contributed by atoms with van der Waals surface area (Å²) < 4.78 is 8.18. The molecule has 0 atom stereocenters. The van der Waals surface area contributed by atoms with E-state index >= 15 is 0 Å². The molecule has 0 amide bonds. The van der Waals surface area contributed by atoms with Gasteiger partial charge in [0.15, 0.2) is 17.0 Å². The van der Waals surface area contributed by atoms with Crippen LogP contribution in [-0.2, 0) is 13.0 Å². The first-order valence-electron chi connectivity index (χ1n) is 8.85. The first-order valence-corrected chi connectivity index (χ1v) is 8.85. The summed E-state index contributed by atoms with van der Waals surface area (Å²) in [6.07, 6.45) is 5.49. The highest BCUT2D eigenvalue weighted by atomic mass is 16.3. The summed E-state index contributed by atoms with van der Waals surface area (Å²) in [4.78, 5) is 24.4. The summed E-state index contributed by atoms with van der Waals surface area (Å²) in [6, 6.07) is 7.59. The van der Waals surface area contributed by atoms with Gasteiger partial charge in [0.2, 0.25) is 0 Å².